The second-order valence-electron chi connectivity index (χ2n) is 8.84. The fourth-order valence-electron chi connectivity index (χ4n) is 4.25. The topological polar surface area (TPSA) is 78.3 Å². The predicted molar refractivity (Wildman–Crippen MR) is 154 cm³/mol. The Kier molecular flexibility index (Phi) is 8.34. The van der Waals surface area contributed by atoms with E-state index in [1.54, 1.807) is 10.8 Å². The third-order valence-corrected chi connectivity index (χ3v) is 7.38. The molecule has 0 amide bonds. The fourth-order valence-corrected chi connectivity index (χ4v) is 5.37. The van der Waals surface area contributed by atoms with Gasteiger partial charge in [0.25, 0.3) is 0 Å². The van der Waals surface area contributed by atoms with Crippen molar-refractivity contribution in [3.05, 3.63) is 125 Å². The second-order valence-corrected chi connectivity index (χ2v) is 10.2. The molecule has 0 bridgehead atoms. The molecule has 1 aromatic heterocycles. The number of anilines is 1. The van der Waals surface area contributed by atoms with Gasteiger partial charge in [-0.25, -0.2) is 9.48 Å². The number of hydrogen-bond donors (Lipinski definition) is 1. The average Bonchev–Trinajstić information content (AvgIpc) is 3.36. The average molecular weight is 559 g/mol. The summed E-state index contributed by atoms with van der Waals surface area (Å²) >= 11 is 7.81. The summed E-state index contributed by atoms with van der Waals surface area (Å²) in [5.41, 5.74) is 3.96. The SMILES string of the molecule is C=CCOC(=O)C1=C(C)Nc2nc(SCc3ccccc3Cl)nn2C1c1cccc(OCc2ccccc2)c1. The quantitative estimate of drug-likeness (QED) is 0.130. The molecule has 5 rings (SSSR count). The molecule has 1 aliphatic rings. The minimum atomic E-state index is -0.569. The van der Waals surface area contributed by atoms with Gasteiger partial charge in [0.2, 0.25) is 11.1 Å². The molecule has 0 spiro atoms. The Morgan fingerprint density at radius 1 is 1.13 bits per heavy atom. The number of carbonyl (C=O) groups is 1. The van der Waals surface area contributed by atoms with Crippen LogP contribution >= 0.6 is 23.4 Å². The first-order valence-electron chi connectivity index (χ1n) is 12.4. The molecule has 0 fully saturated rings. The molecule has 1 N–H and O–H groups in total. The monoisotopic (exact) mass is 558 g/mol. The number of aromatic nitrogens is 3. The maximum atomic E-state index is 13.2. The summed E-state index contributed by atoms with van der Waals surface area (Å²) in [6.45, 7) is 6.02. The fraction of sp³-hybridized carbons (Fsp3) is 0.167. The number of rotatable bonds is 10. The Morgan fingerprint density at radius 2 is 1.92 bits per heavy atom. The standard InChI is InChI=1S/C30H27ClN4O3S/c1-3-16-37-28(36)26-20(2)32-29-33-30(39-19-23-12-7-8-15-25(23)31)34-35(29)27(26)22-13-9-14-24(17-22)38-18-21-10-5-4-6-11-21/h3-15,17,27H,1,16,18-19H2,2H3,(H,32,33,34). The van der Waals surface area contributed by atoms with Crippen molar-refractivity contribution in [2.75, 3.05) is 11.9 Å². The summed E-state index contributed by atoms with van der Waals surface area (Å²) in [5.74, 6) is 1.38. The first-order chi connectivity index (χ1) is 19.0. The van der Waals surface area contributed by atoms with Crippen LogP contribution in [0.1, 0.15) is 29.7 Å². The number of esters is 1. The number of thioether (sulfide) groups is 1. The van der Waals surface area contributed by atoms with Gasteiger partial charge >= 0.3 is 5.97 Å². The van der Waals surface area contributed by atoms with E-state index in [0.29, 0.717) is 45.5 Å². The first kappa shape index (κ1) is 26.6. The van der Waals surface area contributed by atoms with Gasteiger partial charge in [0, 0.05) is 16.5 Å². The molecule has 0 radical (unpaired) electrons. The van der Waals surface area contributed by atoms with Gasteiger partial charge in [-0.05, 0) is 41.8 Å². The molecular weight excluding hydrogens is 532 g/mol. The van der Waals surface area contributed by atoms with Gasteiger partial charge in [-0.15, -0.1) is 5.10 Å². The van der Waals surface area contributed by atoms with Crippen molar-refractivity contribution in [3.8, 4) is 5.75 Å². The van der Waals surface area contributed by atoms with Crippen LogP contribution in [0.15, 0.2) is 108 Å². The van der Waals surface area contributed by atoms with Crippen LogP contribution in [-0.4, -0.2) is 27.3 Å². The molecule has 2 heterocycles. The maximum Gasteiger partial charge on any atom is 0.338 e. The Morgan fingerprint density at radius 3 is 2.72 bits per heavy atom. The van der Waals surface area contributed by atoms with Crippen LogP contribution in [0.2, 0.25) is 5.02 Å². The minimum Gasteiger partial charge on any atom is -0.489 e. The number of ether oxygens (including phenoxy) is 2. The van der Waals surface area contributed by atoms with E-state index in [2.05, 4.69) is 11.9 Å². The zero-order chi connectivity index (χ0) is 27.2. The van der Waals surface area contributed by atoms with Gasteiger partial charge in [0.05, 0.1) is 5.57 Å². The maximum absolute atomic E-state index is 13.2. The van der Waals surface area contributed by atoms with E-state index in [1.807, 2.05) is 85.8 Å². The molecule has 0 saturated carbocycles. The highest BCUT2D eigenvalue weighted by molar-refractivity contribution is 7.98. The molecule has 4 aromatic rings. The Hall–Kier alpha value is -4.01. The number of benzene rings is 3. The smallest absolute Gasteiger partial charge is 0.338 e. The highest BCUT2D eigenvalue weighted by Gasteiger charge is 2.35. The number of nitrogens with one attached hydrogen (secondary N) is 1. The van der Waals surface area contributed by atoms with Gasteiger partial charge in [-0.2, -0.15) is 4.98 Å². The van der Waals surface area contributed by atoms with Crippen molar-refractivity contribution in [1.29, 1.82) is 0 Å². The Balaban J connectivity index is 1.46. The molecule has 39 heavy (non-hydrogen) atoms. The zero-order valence-electron chi connectivity index (χ0n) is 21.3. The van der Waals surface area contributed by atoms with Crippen LogP contribution in [0.25, 0.3) is 0 Å². The number of fused-ring (bicyclic) bond motifs is 1. The lowest BCUT2D eigenvalue weighted by Gasteiger charge is -2.28. The van der Waals surface area contributed by atoms with E-state index in [-0.39, 0.29) is 6.61 Å². The van der Waals surface area contributed by atoms with Crippen molar-refractivity contribution in [2.24, 2.45) is 0 Å². The molecule has 198 valence electrons. The van der Waals surface area contributed by atoms with Crippen LogP contribution in [-0.2, 0) is 21.9 Å². The van der Waals surface area contributed by atoms with Crippen LogP contribution in [0.3, 0.4) is 0 Å². The van der Waals surface area contributed by atoms with Gasteiger partial charge in [-0.3, -0.25) is 0 Å². The van der Waals surface area contributed by atoms with Gasteiger partial charge in [0.15, 0.2) is 0 Å². The summed E-state index contributed by atoms with van der Waals surface area (Å²) in [4.78, 5) is 17.9. The van der Waals surface area contributed by atoms with E-state index in [1.165, 1.54) is 11.8 Å². The number of halogens is 1. The molecule has 9 heteroatoms. The summed E-state index contributed by atoms with van der Waals surface area (Å²) in [5, 5.41) is 9.27. The van der Waals surface area contributed by atoms with Crippen LogP contribution in [0.4, 0.5) is 5.95 Å². The summed E-state index contributed by atoms with van der Waals surface area (Å²) < 4.78 is 13.3. The normalized spacial score (nSPS) is 14.4. The number of nitrogens with zero attached hydrogens (tertiary/aromatic N) is 3. The highest BCUT2D eigenvalue weighted by Crippen LogP contribution is 2.38. The molecule has 0 aliphatic carbocycles. The second kappa shape index (κ2) is 12.2. The van der Waals surface area contributed by atoms with Crippen molar-refractivity contribution < 1.29 is 14.3 Å². The van der Waals surface area contributed by atoms with E-state index < -0.39 is 12.0 Å². The summed E-state index contributed by atoms with van der Waals surface area (Å²) in [6.07, 6.45) is 1.54. The lowest BCUT2D eigenvalue weighted by molar-refractivity contribution is -0.138. The molecular formula is C30H27ClN4O3S. The minimum absolute atomic E-state index is 0.103. The van der Waals surface area contributed by atoms with Crippen LogP contribution < -0.4 is 10.1 Å². The van der Waals surface area contributed by atoms with Crippen molar-refractivity contribution in [2.45, 2.75) is 30.5 Å². The molecule has 3 aromatic carbocycles. The third-order valence-electron chi connectivity index (χ3n) is 6.12. The lowest BCUT2D eigenvalue weighted by Crippen LogP contribution is -2.29. The predicted octanol–water partition coefficient (Wildman–Crippen LogP) is 6.82. The first-order valence-corrected chi connectivity index (χ1v) is 13.7. The van der Waals surface area contributed by atoms with Gasteiger partial charge in [0.1, 0.15) is 25.0 Å². The number of carbonyl (C=O) groups excluding carboxylic acids is 1. The zero-order valence-corrected chi connectivity index (χ0v) is 22.9. The van der Waals surface area contributed by atoms with Gasteiger partial charge in [-0.1, -0.05) is 96.7 Å². The largest absolute Gasteiger partial charge is 0.489 e. The molecule has 1 aliphatic heterocycles. The van der Waals surface area contributed by atoms with E-state index in [0.717, 1.165) is 16.7 Å². The number of hydrogen-bond acceptors (Lipinski definition) is 7. The van der Waals surface area contributed by atoms with Gasteiger partial charge < -0.3 is 14.8 Å². The number of allylic oxidation sites excluding steroid dienone is 1. The van der Waals surface area contributed by atoms with E-state index in [9.17, 15) is 4.79 Å². The summed E-state index contributed by atoms with van der Waals surface area (Å²) in [6, 6.07) is 24.8. The highest BCUT2D eigenvalue weighted by atomic mass is 35.5. The van der Waals surface area contributed by atoms with E-state index in [4.69, 9.17) is 31.2 Å². The Bertz CT molecular complexity index is 1520. The molecule has 1 unspecified atom stereocenters. The third kappa shape index (κ3) is 6.19. The van der Waals surface area contributed by atoms with Crippen LogP contribution in [0.5, 0.6) is 5.75 Å². The Labute approximate surface area is 236 Å². The lowest BCUT2D eigenvalue weighted by atomic mass is 9.95. The molecule has 7 nitrogen and oxygen atoms in total. The molecule has 0 saturated heterocycles. The molecule has 1 atom stereocenters. The van der Waals surface area contributed by atoms with Crippen molar-refractivity contribution in [3.63, 3.8) is 0 Å². The van der Waals surface area contributed by atoms with Crippen molar-refractivity contribution >= 4 is 35.3 Å². The summed E-state index contributed by atoms with van der Waals surface area (Å²) in [7, 11) is 0. The van der Waals surface area contributed by atoms with Crippen molar-refractivity contribution in [1.82, 2.24) is 14.8 Å². The van der Waals surface area contributed by atoms with E-state index >= 15 is 0 Å². The van der Waals surface area contributed by atoms with Crippen LogP contribution in [0, 0.1) is 0 Å².